The molecule has 4 aromatic rings. The highest BCUT2D eigenvalue weighted by molar-refractivity contribution is 5.60. The lowest BCUT2D eigenvalue weighted by Crippen LogP contribution is -2.45. The molecule has 0 atom stereocenters. The molecule has 2 fully saturated rings. The predicted molar refractivity (Wildman–Crippen MR) is 148 cm³/mol. The Morgan fingerprint density at radius 2 is 1.76 bits per heavy atom. The van der Waals surface area contributed by atoms with E-state index in [0.717, 1.165) is 62.2 Å². The van der Waals surface area contributed by atoms with Crippen LogP contribution in [0.4, 0.5) is 23.4 Å². The molecule has 0 unspecified atom stereocenters. The van der Waals surface area contributed by atoms with Crippen LogP contribution in [0.2, 0.25) is 0 Å². The van der Waals surface area contributed by atoms with Crippen molar-refractivity contribution in [2.75, 3.05) is 62.3 Å². The van der Waals surface area contributed by atoms with E-state index in [2.05, 4.69) is 59.2 Å². The van der Waals surface area contributed by atoms with Gasteiger partial charge >= 0.3 is 0 Å². The van der Waals surface area contributed by atoms with Crippen molar-refractivity contribution in [3.05, 3.63) is 60.0 Å². The summed E-state index contributed by atoms with van der Waals surface area (Å²) in [5, 5.41) is 21.9. The molecule has 0 bridgehead atoms. The second-order valence-electron chi connectivity index (χ2n) is 10.0. The van der Waals surface area contributed by atoms with E-state index in [1.54, 1.807) is 0 Å². The average molecular weight is 515 g/mol. The highest BCUT2D eigenvalue weighted by atomic mass is 16.5. The number of nitrogens with one attached hydrogen (secondary N) is 4. The zero-order valence-corrected chi connectivity index (χ0v) is 21.7. The third-order valence-electron chi connectivity index (χ3n) is 6.98. The van der Waals surface area contributed by atoms with E-state index < -0.39 is 0 Å². The maximum Gasteiger partial charge on any atom is 0.227 e. The van der Waals surface area contributed by atoms with Gasteiger partial charge in [-0.2, -0.15) is 15.1 Å². The van der Waals surface area contributed by atoms with Crippen LogP contribution in [0, 0.1) is 0 Å². The van der Waals surface area contributed by atoms with Gasteiger partial charge in [0.15, 0.2) is 11.6 Å². The smallest absolute Gasteiger partial charge is 0.227 e. The van der Waals surface area contributed by atoms with Crippen LogP contribution in [0.5, 0.6) is 0 Å². The lowest BCUT2D eigenvalue weighted by atomic mass is 10.1. The molecule has 0 radical (unpaired) electrons. The van der Waals surface area contributed by atoms with Crippen molar-refractivity contribution in [2.45, 2.75) is 25.3 Å². The minimum absolute atomic E-state index is 0.415. The number of nitrogens with zero attached hydrogens (tertiary/aromatic N) is 6. The van der Waals surface area contributed by atoms with Gasteiger partial charge in [-0.05, 0) is 19.9 Å². The van der Waals surface area contributed by atoms with E-state index >= 15 is 0 Å². The standard InChI is InChI=1S/C27H34N10O/c1-36-11-13-37(14-12-36)10-9-28-24-17-25(30-26-16-22(33-34-26)20-7-8-20)32-27(31-24)29-18-21-15-23(35-38-21)19-5-3-2-4-6-19/h2-6,15-17,20H,7-14,18H2,1H3,(H4,28,29,30,31,32,33,34). The van der Waals surface area contributed by atoms with Crippen molar-refractivity contribution >= 4 is 23.4 Å². The fourth-order valence-corrected chi connectivity index (χ4v) is 4.54. The first-order chi connectivity index (χ1) is 18.7. The molecule has 4 N–H and O–H groups in total. The van der Waals surface area contributed by atoms with Gasteiger partial charge in [-0.3, -0.25) is 10.00 Å². The van der Waals surface area contributed by atoms with E-state index in [9.17, 15) is 0 Å². The summed E-state index contributed by atoms with van der Waals surface area (Å²) in [5.74, 6) is 3.97. The molecule has 1 aliphatic carbocycles. The van der Waals surface area contributed by atoms with Crippen molar-refractivity contribution < 1.29 is 4.52 Å². The number of anilines is 4. The molecule has 1 aromatic carbocycles. The minimum atomic E-state index is 0.415. The van der Waals surface area contributed by atoms with Gasteiger partial charge in [0.2, 0.25) is 5.95 Å². The molecule has 3 aromatic heterocycles. The third-order valence-corrected chi connectivity index (χ3v) is 6.98. The SMILES string of the molecule is CN1CCN(CCNc2cc(Nc3cc(C4CC4)[nH]n3)nc(NCc3cc(-c4ccccc4)no3)n2)CC1. The molecule has 6 rings (SSSR count). The molecule has 0 spiro atoms. The summed E-state index contributed by atoms with van der Waals surface area (Å²) >= 11 is 0. The molecule has 2 aliphatic rings. The summed E-state index contributed by atoms with van der Waals surface area (Å²) in [6, 6.07) is 15.9. The average Bonchev–Trinajstić information content (AvgIpc) is 3.49. The normalized spacial score (nSPS) is 16.4. The minimum Gasteiger partial charge on any atom is -0.369 e. The Hall–Kier alpha value is -3.96. The number of aromatic nitrogens is 5. The van der Waals surface area contributed by atoms with Crippen molar-refractivity contribution in [2.24, 2.45) is 0 Å². The summed E-state index contributed by atoms with van der Waals surface area (Å²) in [7, 11) is 2.17. The van der Waals surface area contributed by atoms with Crippen LogP contribution in [-0.4, -0.2) is 81.4 Å². The second kappa shape index (κ2) is 11.2. The highest BCUT2D eigenvalue weighted by Crippen LogP contribution is 2.39. The van der Waals surface area contributed by atoms with E-state index in [0.29, 0.717) is 30.0 Å². The van der Waals surface area contributed by atoms with E-state index in [1.807, 2.05) is 42.5 Å². The second-order valence-corrected chi connectivity index (χ2v) is 10.0. The number of hydrogen-bond acceptors (Lipinski definition) is 10. The predicted octanol–water partition coefficient (Wildman–Crippen LogP) is 3.75. The van der Waals surface area contributed by atoms with Crippen molar-refractivity contribution in [1.29, 1.82) is 0 Å². The Labute approximate surface area is 222 Å². The number of H-pyrrole nitrogens is 1. The van der Waals surface area contributed by atoms with Crippen LogP contribution in [0.1, 0.15) is 30.2 Å². The molecular weight excluding hydrogens is 480 g/mol. The molecule has 1 saturated heterocycles. The Balaban J connectivity index is 1.13. The lowest BCUT2D eigenvalue weighted by Gasteiger charge is -2.32. The Morgan fingerprint density at radius 3 is 2.58 bits per heavy atom. The summed E-state index contributed by atoms with van der Waals surface area (Å²) < 4.78 is 5.55. The van der Waals surface area contributed by atoms with Crippen molar-refractivity contribution in [3.63, 3.8) is 0 Å². The molecule has 0 amide bonds. The van der Waals surface area contributed by atoms with E-state index in [4.69, 9.17) is 9.51 Å². The number of likely N-dealkylation sites (N-methyl/N-ethyl adjacent to an activating group) is 1. The first-order valence-corrected chi connectivity index (χ1v) is 13.3. The fourth-order valence-electron chi connectivity index (χ4n) is 4.54. The first kappa shape index (κ1) is 24.4. The van der Waals surface area contributed by atoms with E-state index in [-0.39, 0.29) is 0 Å². The monoisotopic (exact) mass is 514 g/mol. The maximum absolute atomic E-state index is 5.55. The van der Waals surface area contributed by atoms with Gasteiger partial charge in [0.05, 0.1) is 6.54 Å². The topological polar surface area (TPSA) is 123 Å². The van der Waals surface area contributed by atoms with Gasteiger partial charge in [0.1, 0.15) is 17.3 Å². The maximum atomic E-state index is 5.55. The molecule has 1 aliphatic heterocycles. The van der Waals surface area contributed by atoms with Crippen LogP contribution in [0.15, 0.2) is 53.1 Å². The zero-order chi connectivity index (χ0) is 25.7. The first-order valence-electron chi connectivity index (χ1n) is 13.3. The van der Waals surface area contributed by atoms with E-state index in [1.165, 1.54) is 18.5 Å². The Bertz CT molecular complexity index is 1320. The van der Waals surface area contributed by atoms with Crippen LogP contribution >= 0.6 is 0 Å². The van der Waals surface area contributed by atoms with Crippen LogP contribution < -0.4 is 16.0 Å². The van der Waals surface area contributed by atoms with Crippen LogP contribution in [-0.2, 0) is 6.54 Å². The van der Waals surface area contributed by atoms with Crippen LogP contribution in [0.3, 0.4) is 0 Å². The molecule has 198 valence electrons. The summed E-state index contributed by atoms with van der Waals surface area (Å²) in [6.45, 7) is 6.58. The third kappa shape index (κ3) is 6.29. The molecular formula is C27H34N10O. The van der Waals surface area contributed by atoms with Gasteiger partial charge < -0.3 is 25.4 Å². The quantitative estimate of drug-likeness (QED) is 0.235. The number of benzene rings is 1. The summed E-state index contributed by atoms with van der Waals surface area (Å²) in [4.78, 5) is 14.2. The Kier molecular flexibility index (Phi) is 7.18. The summed E-state index contributed by atoms with van der Waals surface area (Å²) in [6.07, 6.45) is 2.44. The largest absolute Gasteiger partial charge is 0.369 e. The van der Waals surface area contributed by atoms with Gasteiger partial charge in [0.25, 0.3) is 0 Å². The molecule has 11 heteroatoms. The van der Waals surface area contributed by atoms with Crippen molar-refractivity contribution in [1.82, 2.24) is 35.1 Å². The molecule has 1 saturated carbocycles. The van der Waals surface area contributed by atoms with Crippen LogP contribution in [0.25, 0.3) is 11.3 Å². The molecule has 11 nitrogen and oxygen atoms in total. The van der Waals surface area contributed by atoms with Gasteiger partial charge in [-0.15, -0.1) is 0 Å². The zero-order valence-electron chi connectivity index (χ0n) is 21.7. The number of hydrogen-bond donors (Lipinski definition) is 4. The van der Waals surface area contributed by atoms with Gasteiger partial charge in [-0.1, -0.05) is 35.5 Å². The van der Waals surface area contributed by atoms with Gasteiger partial charge in [-0.25, -0.2) is 0 Å². The van der Waals surface area contributed by atoms with Crippen molar-refractivity contribution in [3.8, 4) is 11.3 Å². The van der Waals surface area contributed by atoms with Gasteiger partial charge in [0, 0.05) is 74.6 Å². The summed E-state index contributed by atoms with van der Waals surface area (Å²) in [5.41, 5.74) is 2.99. The highest BCUT2D eigenvalue weighted by Gasteiger charge is 2.25. The number of aromatic amines is 1. The number of rotatable bonds is 11. The lowest BCUT2D eigenvalue weighted by molar-refractivity contribution is 0.158. The fraction of sp³-hybridized carbons (Fsp3) is 0.407. The molecule has 38 heavy (non-hydrogen) atoms. The Morgan fingerprint density at radius 1 is 0.947 bits per heavy atom. The molecule has 4 heterocycles. The number of piperazine rings is 1.